The number of nitrogens with two attached hydrogens (primary N) is 1. The summed E-state index contributed by atoms with van der Waals surface area (Å²) in [6.45, 7) is 1.83. The number of amides is 2. The third-order valence-electron chi connectivity index (χ3n) is 2.73. The molecule has 0 radical (unpaired) electrons. The summed E-state index contributed by atoms with van der Waals surface area (Å²) in [4.78, 5) is 23.4. The van der Waals surface area contributed by atoms with E-state index in [-0.39, 0.29) is 11.8 Å². The highest BCUT2D eigenvalue weighted by atomic mass is 16.2. The minimum atomic E-state index is -0.759. The molecule has 0 saturated heterocycles. The summed E-state index contributed by atoms with van der Waals surface area (Å²) in [5, 5.41) is 5.15. The molecule has 1 aromatic carbocycles. The number of carbonyl (C=O) groups is 2. The van der Waals surface area contributed by atoms with Gasteiger partial charge in [-0.05, 0) is 12.0 Å². The Morgan fingerprint density at radius 2 is 1.83 bits per heavy atom. The molecule has 4 N–H and O–H groups in total. The number of carbonyl (C=O) groups excluding carboxylic acids is 2. The van der Waals surface area contributed by atoms with Crippen molar-refractivity contribution >= 4 is 11.8 Å². The lowest BCUT2D eigenvalue weighted by atomic mass is 10.1. The van der Waals surface area contributed by atoms with Gasteiger partial charge in [-0.3, -0.25) is 9.59 Å². The Hall–Kier alpha value is -1.88. The van der Waals surface area contributed by atoms with Gasteiger partial charge >= 0.3 is 0 Å². The SMILES string of the molecule is CCC(NC(=O)C(N)c1ccccc1)C(=O)NC. The molecular formula is C13H19N3O2. The van der Waals surface area contributed by atoms with Gasteiger partial charge in [-0.1, -0.05) is 37.3 Å². The first-order chi connectivity index (χ1) is 8.60. The van der Waals surface area contributed by atoms with Crippen LogP contribution in [0.4, 0.5) is 0 Å². The van der Waals surface area contributed by atoms with E-state index in [0.717, 1.165) is 5.56 Å². The van der Waals surface area contributed by atoms with E-state index in [9.17, 15) is 9.59 Å². The first-order valence-corrected chi connectivity index (χ1v) is 5.92. The summed E-state index contributed by atoms with van der Waals surface area (Å²) >= 11 is 0. The summed E-state index contributed by atoms with van der Waals surface area (Å²) in [6.07, 6.45) is 0.521. The molecule has 0 aliphatic carbocycles. The maximum Gasteiger partial charge on any atom is 0.242 e. The smallest absolute Gasteiger partial charge is 0.242 e. The van der Waals surface area contributed by atoms with Crippen molar-refractivity contribution in [3.63, 3.8) is 0 Å². The zero-order valence-electron chi connectivity index (χ0n) is 10.6. The van der Waals surface area contributed by atoms with Gasteiger partial charge in [0.15, 0.2) is 0 Å². The van der Waals surface area contributed by atoms with Crippen LogP contribution in [0.2, 0.25) is 0 Å². The predicted molar refractivity (Wildman–Crippen MR) is 69.7 cm³/mol. The van der Waals surface area contributed by atoms with Gasteiger partial charge in [0.25, 0.3) is 0 Å². The summed E-state index contributed by atoms with van der Waals surface area (Å²) in [6, 6.07) is 7.75. The lowest BCUT2D eigenvalue weighted by molar-refractivity contribution is -0.129. The van der Waals surface area contributed by atoms with Crippen LogP contribution in [0.15, 0.2) is 30.3 Å². The van der Waals surface area contributed by atoms with Crippen molar-refractivity contribution in [3.8, 4) is 0 Å². The molecular weight excluding hydrogens is 230 g/mol. The van der Waals surface area contributed by atoms with Gasteiger partial charge in [-0.15, -0.1) is 0 Å². The molecule has 0 aromatic heterocycles. The first-order valence-electron chi connectivity index (χ1n) is 5.92. The molecule has 1 rings (SSSR count). The van der Waals surface area contributed by atoms with Gasteiger partial charge in [0.2, 0.25) is 11.8 Å². The molecule has 2 amide bonds. The molecule has 5 heteroatoms. The van der Waals surface area contributed by atoms with E-state index in [4.69, 9.17) is 5.73 Å². The summed E-state index contributed by atoms with van der Waals surface area (Å²) in [7, 11) is 1.54. The zero-order chi connectivity index (χ0) is 13.5. The van der Waals surface area contributed by atoms with Crippen molar-refractivity contribution in [1.29, 1.82) is 0 Å². The first kappa shape index (κ1) is 14.2. The third-order valence-corrected chi connectivity index (χ3v) is 2.73. The van der Waals surface area contributed by atoms with Gasteiger partial charge in [0, 0.05) is 7.05 Å². The van der Waals surface area contributed by atoms with Crippen molar-refractivity contribution in [2.75, 3.05) is 7.05 Å². The molecule has 98 valence electrons. The van der Waals surface area contributed by atoms with Crippen LogP contribution < -0.4 is 16.4 Å². The van der Waals surface area contributed by atoms with E-state index in [0.29, 0.717) is 6.42 Å². The maximum absolute atomic E-state index is 11.9. The Kier molecular flexibility index (Phi) is 5.32. The predicted octanol–water partition coefficient (Wildman–Crippen LogP) is 0.327. The number of benzene rings is 1. The monoisotopic (exact) mass is 249 g/mol. The Morgan fingerprint density at radius 1 is 1.22 bits per heavy atom. The second kappa shape index (κ2) is 6.76. The fraction of sp³-hybridized carbons (Fsp3) is 0.385. The molecule has 5 nitrogen and oxygen atoms in total. The molecule has 0 bridgehead atoms. The zero-order valence-corrected chi connectivity index (χ0v) is 10.6. The van der Waals surface area contributed by atoms with Crippen molar-refractivity contribution in [1.82, 2.24) is 10.6 Å². The van der Waals surface area contributed by atoms with Crippen LogP contribution in [0.5, 0.6) is 0 Å². The van der Waals surface area contributed by atoms with Crippen molar-refractivity contribution in [2.45, 2.75) is 25.4 Å². The lowest BCUT2D eigenvalue weighted by Gasteiger charge is -2.18. The second-order valence-corrected chi connectivity index (χ2v) is 3.97. The van der Waals surface area contributed by atoms with E-state index >= 15 is 0 Å². The fourth-order valence-corrected chi connectivity index (χ4v) is 1.60. The summed E-state index contributed by atoms with van der Waals surface area (Å²) < 4.78 is 0. The highest BCUT2D eigenvalue weighted by Crippen LogP contribution is 2.09. The van der Waals surface area contributed by atoms with Crippen LogP contribution in [0, 0.1) is 0 Å². The minimum absolute atomic E-state index is 0.217. The average molecular weight is 249 g/mol. The lowest BCUT2D eigenvalue weighted by Crippen LogP contribution is -2.48. The van der Waals surface area contributed by atoms with Crippen LogP contribution in [0.25, 0.3) is 0 Å². The quantitative estimate of drug-likeness (QED) is 0.703. The van der Waals surface area contributed by atoms with Gasteiger partial charge < -0.3 is 16.4 Å². The van der Waals surface area contributed by atoms with Crippen molar-refractivity contribution < 1.29 is 9.59 Å². The Balaban J connectivity index is 2.67. The number of likely N-dealkylation sites (N-methyl/N-ethyl adjacent to an activating group) is 1. The van der Waals surface area contributed by atoms with Crippen molar-refractivity contribution in [3.05, 3.63) is 35.9 Å². The molecule has 1 aromatic rings. The topological polar surface area (TPSA) is 84.2 Å². The Morgan fingerprint density at radius 3 is 2.33 bits per heavy atom. The second-order valence-electron chi connectivity index (χ2n) is 3.97. The molecule has 0 saturated carbocycles. The number of hydrogen-bond acceptors (Lipinski definition) is 3. The van der Waals surface area contributed by atoms with Gasteiger partial charge in [0.05, 0.1) is 0 Å². The molecule has 0 heterocycles. The number of rotatable bonds is 5. The van der Waals surface area contributed by atoms with Crippen LogP contribution in [-0.2, 0) is 9.59 Å². The van der Waals surface area contributed by atoms with E-state index in [2.05, 4.69) is 10.6 Å². The average Bonchev–Trinajstić information content (AvgIpc) is 2.43. The van der Waals surface area contributed by atoms with Gasteiger partial charge in [-0.2, -0.15) is 0 Å². The van der Waals surface area contributed by atoms with Crippen LogP contribution in [-0.4, -0.2) is 24.9 Å². The molecule has 0 aliphatic rings. The van der Waals surface area contributed by atoms with Gasteiger partial charge in [0.1, 0.15) is 12.1 Å². The molecule has 0 aliphatic heterocycles. The van der Waals surface area contributed by atoms with E-state index in [1.807, 2.05) is 25.1 Å². The highest BCUT2D eigenvalue weighted by Gasteiger charge is 2.22. The van der Waals surface area contributed by atoms with Crippen LogP contribution >= 0.6 is 0 Å². The van der Waals surface area contributed by atoms with Crippen LogP contribution in [0.1, 0.15) is 24.9 Å². The molecule has 2 atom stereocenters. The third kappa shape index (κ3) is 3.56. The number of hydrogen-bond donors (Lipinski definition) is 3. The summed E-state index contributed by atoms with van der Waals surface area (Å²) in [5.41, 5.74) is 6.56. The van der Waals surface area contributed by atoms with Crippen molar-refractivity contribution in [2.24, 2.45) is 5.73 Å². The van der Waals surface area contributed by atoms with Crippen LogP contribution in [0.3, 0.4) is 0 Å². The largest absolute Gasteiger partial charge is 0.357 e. The molecule has 0 fully saturated rings. The Bertz CT molecular complexity index is 406. The fourth-order valence-electron chi connectivity index (χ4n) is 1.60. The molecule has 18 heavy (non-hydrogen) atoms. The van der Waals surface area contributed by atoms with Gasteiger partial charge in [-0.25, -0.2) is 0 Å². The maximum atomic E-state index is 11.9. The standard InChI is InChI=1S/C13H19N3O2/c1-3-10(12(17)15-2)16-13(18)11(14)9-7-5-4-6-8-9/h4-8,10-11H,3,14H2,1-2H3,(H,15,17)(H,16,18). The Labute approximate surface area is 107 Å². The molecule has 0 spiro atoms. The van der Waals surface area contributed by atoms with E-state index < -0.39 is 12.1 Å². The minimum Gasteiger partial charge on any atom is -0.357 e. The highest BCUT2D eigenvalue weighted by molar-refractivity contribution is 5.90. The normalized spacial score (nSPS) is 13.5. The number of nitrogens with one attached hydrogen (secondary N) is 2. The molecule has 2 unspecified atom stereocenters. The van der Waals surface area contributed by atoms with E-state index in [1.165, 1.54) is 7.05 Å². The van der Waals surface area contributed by atoms with E-state index in [1.54, 1.807) is 12.1 Å². The summed E-state index contributed by atoms with van der Waals surface area (Å²) in [5.74, 6) is -0.567.